The summed E-state index contributed by atoms with van der Waals surface area (Å²) in [4.78, 5) is 6.89. The second-order valence-electron chi connectivity index (χ2n) is 8.72. The molecule has 1 aliphatic rings. The van der Waals surface area contributed by atoms with Crippen molar-refractivity contribution in [3.8, 4) is 11.4 Å². The molecule has 0 spiro atoms. The second-order valence-corrected chi connectivity index (χ2v) is 9.54. The first-order valence-corrected chi connectivity index (χ1v) is 12.3. The summed E-state index contributed by atoms with van der Waals surface area (Å²) in [6, 6.07) is 21.8. The van der Waals surface area contributed by atoms with Crippen molar-refractivity contribution >= 4 is 34.6 Å². The van der Waals surface area contributed by atoms with E-state index in [0.717, 1.165) is 28.5 Å². The monoisotopic (exact) mass is 502 g/mol. The summed E-state index contributed by atoms with van der Waals surface area (Å²) >= 11 is 12.3. The van der Waals surface area contributed by atoms with Crippen molar-refractivity contribution in [2.24, 2.45) is 0 Å². The molecule has 0 bridgehead atoms. The zero-order valence-corrected chi connectivity index (χ0v) is 21.7. The van der Waals surface area contributed by atoms with Gasteiger partial charge in [-0.25, -0.2) is 0 Å². The van der Waals surface area contributed by atoms with Gasteiger partial charge in [0.05, 0.1) is 24.9 Å². The number of pyridine rings is 1. The minimum absolute atomic E-state index is 0.0927. The Morgan fingerprint density at radius 2 is 1.71 bits per heavy atom. The Hall–Kier alpha value is -3.35. The standard InChI is InChI=1S/C28H27ClN4OS/c1-17-18(2)32(22-9-7-8-20(29)16-22)19(3)25(17)27-26(24-10-5-6-15-30-24)31-28(35)33(27)21-11-13-23(34-4)14-12-21/h5-16,26-27H,1-4H3,(H,31,35)/t26-,27+/m0/s1. The van der Waals surface area contributed by atoms with Crippen LogP contribution in [-0.4, -0.2) is 21.8 Å². The van der Waals surface area contributed by atoms with Gasteiger partial charge in [0.1, 0.15) is 5.75 Å². The van der Waals surface area contributed by atoms with E-state index in [1.54, 1.807) is 7.11 Å². The molecule has 0 saturated carbocycles. The summed E-state index contributed by atoms with van der Waals surface area (Å²) in [5.74, 6) is 0.806. The number of benzene rings is 2. The summed E-state index contributed by atoms with van der Waals surface area (Å²) in [6.07, 6.45) is 1.83. The molecule has 1 saturated heterocycles. The quantitative estimate of drug-likeness (QED) is 0.310. The van der Waals surface area contributed by atoms with Gasteiger partial charge >= 0.3 is 0 Å². The smallest absolute Gasteiger partial charge is 0.174 e. The van der Waals surface area contributed by atoms with Crippen LogP contribution in [-0.2, 0) is 0 Å². The summed E-state index contributed by atoms with van der Waals surface area (Å²) < 4.78 is 7.66. The molecule has 3 heterocycles. The predicted molar refractivity (Wildman–Crippen MR) is 146 cm³/mol. The number of rotatable bonds is 5. The molecule has 0 aliphatic carbocycles. The molecule has 35 heavy (non-hydrogen) atoms. The zero-order chi connectivity index (χ0) is 24.7. The summed E-state index contributed by atoms with van der Waals surface area (Å²) in [7, 11) is 1.67. The van der Waals surface area contributed by atoms with Gasteiger partial charge in [-0.2, -0.15) is 0 Å². The van der Waals surface area contributed by atoms with Crippen molar-refractivity contribution in [1.29, 1.82) is 0 Å². The molecule has 2 aromatic heterocycles. The molecule has 7 heteroatoms. The molecule has 2 aromatic carbocycles. The fourth-order valence-electron chi connectivity index (χ4n) is 5.11. The molecule has 2 atom stereocenters. The van der Waals surface area contributed by atoms with Crippen LogP contribution in [0.1, 0.15) is 40.3 Å². The van der Waals surface area contributed by atoms with Crippen molar-refractivity contribution in [2.75, 3.05) is 12.0 Å². The topological polar surface area (TPSA) is 42.3 Å². The normalized spacial score (nSPS) is 17.5. The van der Waals surface area contributed by atoms with E-state index in [9.17, 15) is 0 Å². The Kier molecular flexibility index (Phi) is 6.26. The number of methoxy groups -OCH3 is 1. The van der Waals surface area contributed by atoms with E-state index in [4.69, 9.17) is 33.5 Å². The van der Waals surface area contributed by atoms with Gasteiger partial charge in [-0.15, -0.1) is 0 Å². The van der Waals surface area contributed by atoms with Crippen LogP contribution in [0.3, 0.4) is 0 Å². The Balaban J connectivity index is 1.71. The van der Waals surface area contributed by atoms with Gasteiger partial charge in [-0.1, -0.05) is 23.7 Å². The molecule has 4 aromatic rings. The van der Waals surface area contributed by atoms with E-state index in [0.29, 0.717) is 10.1 Å². The molecule has 0 unspecified atom stereocenters. The number of ether oxygens (including phenoxy) is 1. The number of hydrogen-bond donors (Lipinski definition) is 1. The number of hydrogen-bond acceptors (Lipinski definition) is 3. The van der Waals surface area contributed by atoms with Gasteiger partial charge in [-0.3, -0.25) is 4.98 Å². The maximum atomic E-state index is 6.36. The Bertz CT molecular complexity index is 1380. The lowest BCUT2D eigenvalue weighted by Crippen LogP contribution is -2.29. The van der Waals surface area contributed by atoms with E-state index < -0.39 is 0 Å². The molecule has 0 radical (unpaired) electrons. The van der Waals surface area contributed by atoms with Crippen molar-refractivity contribution in [2.45, 2.75) is 32.9 Å². The fourth-order valence-corrected chi connectivity index (χ4v) is 5.64. The number of aromatic nitrogens is 2. The lowest BCUT2D eigenvalue weighted by atomic mass is 9.93. The largest absolute Gasteiger partial charge is 0.497 e. The van der Waals surface area contributed by atoms with Gasteiger partial charge in [0.2, 0.25) is 0 Å². The Morgan fingerprint density at radius 1 is 0.943 bits per heavy atom. The summed E-state index contributed by atoms with van der Waals surface area (Å²) in [5.41, 5.74) is 7.76. The maximum Gasteiger partial charge on any atom is 0.174 e. The first kappa shape index (κ1) is 23.4. The average Bonchev–Trinajstić information content (AvgIpc) is 3.31. The Labute approximate surface area is 216 Å². The molecular formula is C28H27ClN4OS. The highest BCUT2D eigenvalue weighted by Crippen LogP contribution is 2.45. The van der Waals surface area contributed by atoms with Crippen molar-refractivity contribution in [3.05, 3.63) is 106 Å². The van der Waals surface area contributed by atoms with Crippen LogP contribution in [0.4, 0.5) is 5.69 Å². The van der Waals surface area contributed by atoms with E-state index >= 15 is 0 Å². The number of anilines is 1. The fraction of sp³-hybridized carbons (Fsp3) is 0.214. The van der Waals surface area contributed by atoms with Crippen molar-refractivity contribution in [1.82, 2.24) is 14.9 Å². The van der Waals surface area contributed by atoms with Crippen LogP contribution in [0, 0.1) is 20.8 Å². The van der Waals surface area contributed by atoms with Crippen LogP contribution in [0.25, 0.3) is 5.69 Å². The maximum absolute atomic E-state index is 6.36. The van der Waals surface area contributed by atoms with Crippen LogP contribution in [0.2, 0.25) is 5.02 Å². The molecule has 5 rings (SSSR count). The van der Waals surface area contributed by atoms with E-state index in [1.807, 2.05) is 60.8 Å². The molecule has 1 aliphatic heterocycles. The lowest BCUT2D eigenvalue weighted by molar-refractivity contribution is 0.415. The number of nitrogens with one attached hydrogen (secondary N) is 1. The number of nitrogens with zero attached hydrogens (tertiary/aromatic N) is 3. The van der Waals surface area contributed by atoms with E-state index in [2.05, 4.69) is 47.7 Å². The highest BCUT2D eigenvalue weighted by atomic mass is 35.5. The third-order valence-electron chi connectivity index (χ3n) is 6.82. The first-order valence-electron chi connectivity index (χ1n) is 11.5. The number of halogens is 1. The number of thiocarbonyl (C=S) groups is 1. The molecule has 1 fully saturated rings. The van der Waals surface area contributed by atoms with Crippen molar-refractivity contribution in [3.63, 3.8) is 0 Å². The highest BCUT2D eigenvalue weighted by molar-refractivity contribution is 7.80. The van der Waals surface area contributed by atoms with E-state index in [1.165, 1.54) is 16.8 Å². The van der Waals surface area contributed by atoms with Gasteiger partial charge in [0.15, 0.2) is 5.11 Å². The molecule has 0 amide bonds. The van der Waals surface area contributed by atoms with Gasteiger partial charge in [0.25, 0.3) is 0 Å². The highest BCUT2D eigenvalue weighted by Gasteiger charge is 2.43. The molecule has 5 nitrogen and oxygen atoms in total. The molecular weight excluding hydrogens is 476 g/mol. The molecule has 1 N–H and O–H groups in total. The lowest BCUT2D eigenvalue weighted by Gasteiger charge is -2.29. The Morgan fingerprint density at radius 3 is 2.37 bits per heavy atom. The summed E-state index contributed by atoms with van der Waals surface area (Å²) in [5, 5.41) is 4.94. The van der Waals surface area contributed by atoms with Crippen LogP contribution < -0.4 is 15.0 Å². The van der Waals surface area contributed by atoms with Crippen molar-refractivity contribution < 1.29 is 4.74 Å². The first-order chi connectivity index (χ1) is 16.9. The average molecular weight is 503 g/mol. The minimum atomic E-state index is -0.113. The SMILES string of the molecule is COc1ccc(N2C(=S)N[C@@H](c3ccccn3)[C@H]2c2c(C)c(C)n(-c3cccc(Cl)c3)c2C)cc1. The van der Waals surface area contributed by atoms with Gasteiger partial charge in [0, 0.05) is 39.5 Å². The summed E-state index contributed by atoms with van der Waals surface area (Å²) in [6.45, 7) is 6.50. The van der Waals surface area contributed by atoms with Gasteiger partial charge in [-0.05, 0) is 93.1 Å². The second kappa shape index (κ2) is 9.36. The zero-order valence-electron chi connectivity index (χ0n) is 20.1. The van der Waals surface area contributed by atoms with Crippen LogP contribution in [0.15, 0.2) is 72.9 Å². The minimum Gasteiger partial charge on any atom is -0.497 e. The third kappa shape index (κ3) is 4.07. The van der Waals surface area contributed by atoms with Gasteiger partial charge < -0.3 is 19.5 Å². The van der Waals surface area contributed by atoms with Crippen LogP contribution in [0.5, 0.6) is 5.75 Å². The van der Waals surface area contributed by atoms with Crippen LogP contribution >= 0.6 is 23.8 Å². The predicted octanol–water partition coefficient (Wildman–Crippen LogP) is 6.64. The third-order valence-corrected chi connectivity index (χ3v) is 7.37. The van der Waals surface area contributed by atoms with E-state index in [-0.39, 0.29) is 12.1 Å². The molecule has 178 valence electrons.